The number of ketones is 1. The molecular formula is C25H29F4N3O3. The maximum Gasteiger partial charge on any atom is 0.456 e. The molecule has 1 spiro atoms. The van der Waals surface area contributed by atoms with Crippen molar-refractivity contribution in [2.75, 3.05) is 20.1 Å². The lowest BCUT2D eigenvalue weighted by atomic mass is 9.80. The zero-order chi connectivity index (χ0) is 25.9. The van der Waals surface area contributed by atoms with Crippen LogP contribution in [-0.4, -0.2) is 63.5 Å². The number of rotatable bonds is 3. The molecule has 3 heterocycles. The number of fused-ring (bicyclic) bond motifs is 2. The zero-order valence-electron chi connectivity index (χ0n) is 20.1. The molecule has 1 aromatic heterocycles. The van der Waals surface area contributed by atoms with E-state index in [9.17, 15) is 32.3 Å². The normalized spacial score (nSPS) is 20.7. The average molecular weight is 496 g/mol. The van der Waals surface area contributed by atoms with Gasteiger partial charge in [-0.3, -0.25) is 14.5 Å². The molecule has 0 aliphatic carbocycles. The van der Waals surface area contributed by atoms with Gasteiger partial charge in [-0.25, -0.2) is 4.39 Å². The van der Waals surface area contributed by atoms with Gasteiger partial charge in [0.15, 0.2) is 0 Å². The second-order valence-corrected chi connectivity index (χ2v) is 10.1. The lowest BCUT2D eigenvalue weighted by Gasteiger charge is -2.53. The molecule has 190 valence electrons. The lowest BCUT2D eigenvalue weighted by Crippen LogP contribution is -2.59. The van der Waals surface area contributed by atoms with Crippen LogP contribution in [0, 0.1) is 5.82 Å². The number of carbonyl (C=O) groups is 2. The summed E-state index contributed by atoms with van der Waals surface area (Å²) in [5, 5.41) is 10.1. The number of nitrogens with zero attached hydrogens (tertiary/aromatic N) is 3. The number of hydrogen-bond donors (Lipinski definition) is 1. The fraction of sp³-hybridized carbons (Fsp3) is 0.520. The van der Waals surface area contributed by atoms with E-state index in [0.29, 0.717) is 31.6 Å². The van der Waals surface area contributed by atoms with Crippen LogP contribution in [0.25, 0.3) is 0 Å². The predicted molar refractivity (Wildman–Crippen MR) is 121 cm³/mol. The van der Waals surface area contributed by atoms with Gasteiger partial charge in [0.2, 0.25) is 0 Å². The Labute approximate surface area is 201 Å². The van der Waals surface area contributed by atoms with Crippen molar-refractivity contribution >= 4 is 11.7 Å². The molecular weight excluding hydrogens is 466 g/mol. The number of aromatic nitrogens is 1. The van der Waals surface area contributed by atoms with Crippen LogP contribution in [0.4, 0.5) is 17.6 Å². The second-order valence-electron chi connectivity index (χ2n) is 10.1. The van der Waals surface area contributed by atoms with Gasteiger partial charge in [0, 0.05) is 42.5 Å². The van der Waals surface area contributed by atoms with Crippen LogP contribution >= 0.6 is 0 Å². The molecule has 0 bridgehead atoms. The number of aliphatic hydroxyl groups is 1. The summed E-state index contributed by atoms with van der Waals surface area (Å²) in [5.74, 6) is -2.88. The topological polar surface area (TPSA) is 65.8 Å². The number of alkyl halides is 3. The highest BCUT2D eigenvalue weighted by atomic mass is 19.4. The van der Waals surface area contributed by atoms with Crippen molar-refractivity contribution in [3.05, 3.63) is 58.7 Å². The number of carbonyl (C=O) groups excluding carboxylic acids is 2. The van der Waals surface area contributed by atoms with E-state index in [1.807, 2.05) is 14.0 Å². The van der Waals surface area contributed by atoms with Gasteiger partial charge in [0.05, 0.1) is 16.8 Å². The van der Waals surface area contributed by atoms with Gasteiger partial charge in [0.25, 0.3) is 11.7 Å². The Bertz CT molecular complexity index is 1160. The molecule has 1 fully saturated rings. The number of amides is 1. The van der Waals surface area contributed by atoms with Crippen molar-refractivity contribution in [1.82, 2.24) is 14.4 Å². The first kappa shape index (κ1) is 25.4. The quantitative estimate of drug-likeness (QED) is 0.515. The van der Waals surface area contributed by atoms with Crippen molar-refractivity contribution in [3.8, 4) is 0 Å². The van der Waals surface area contributed by atoms with Crippen molar-refractivity contribution in [2.24, 2.45) is 0 Å². The van der Waals surface area contributed by atoms with Crippen LogP contribution in [0.3, 0.4) is 0 Å². The van der Waals surface area contributed by atoms with Crippen LogP contribution in [0.5, 0.6) is 0 Å². The third-order valence-corrected chi connectivity index (χ3v) is 7.48. The molecule has 1 N–H and O–H groups in total. The number of halogens is 4. The molecule has 2 aliphatic rings. The summed E-state index contributed by atoms with van der Waals surface area (Å²) in [6.45, 7) is 5.71. The van der Waals surface area contributed by atoms with Crippen molar-refractivity contribution in [2.45, 2.75) is 63.5 Å². The highest BCUT2D eigenvalue weighted by Gasteiger charge is 2.49. The first-order valence-corrected chi connectivity index (χ1v) is 11.5. The smallest absolute Gasteiger partial charge is 0.386 e. The van der Waals surface area contributed by atoms with E-state index in [-0.39, 0.29) is 35.3 Å². The molecule has 6 nitrogen and oxygen atoms in total. The van der Waals surface area contributed by atoms with Gasteiger partial charge in [-0.2, -0.15) is 13.2 Å². The molecule has 0 unspecified atom stereocenters. The van der Waals surface area contributed by atoms with Crippen molar-refractivity contribution < 1.29 is 32.3 Å². The van der Waals surface area contributed by atoms with E-state index in [4.69, 9.17) is 0 Å². The van der Waals surface area contributed by atoms with E-state index in [0.717, 1.165) is 6.07 Å². The number of piperidine rings is 1. The lowest BCUT2D eigenvalue weighted by molar-refractivity contribution is -0.0894. The summed E-state index contributed by atoms with van der Waals surface area (Å²) in [7, 11) is 1.91. The van der Waals surface area contributed by atoms with Gasteiger partial charge in [-0.05, 0) is 64.9 Å². The van der Waals surface area contributed by atoms with Crippen LogP contribution in [-0.2, 0) is 17.7 Å². The Morgan fingerprint density at radius 3 is 2.26 bits per heavy atom. The summed E-state index contributed by atoms with van der Waals surface area (Å²) >= 11 is 0. The maximum atomic E-state index is 14.5. The third-order valence-electron chi connectivity index (χ3n) is 7.48. The summed E-state index contributed by atoms with van der Waals surface area (Å²) in [6.07, 6.45) is -4.05. The standard InChI is InChI=1S/C25H29F4N3O3/c1-15-14-32-19(21(33)25(27,28)29)7-8-20(32)24(30(15)4)9-11-31(12-10-24)22(34)16-5-6-17(18(26)13-16)23(2,3)35/h5-8,13,15,35H,9-12,14H2,1-4H3/t15-/m0/s1. The van der Waals surface area contributed by atoms with E-state index in [1.165, 1.54) is 36.6 Å². The summed E-state index contributed by atoms with van der Waals surface area (Å²) in [5.41, 5.74) is -1.49. The maximum absolute atomic E-state index is 14.5. The molecule has 2 aliphatic heterocycles. The molecule has 2 aromatic rings. The second kappa shape index (κ2) is 8.44. The fourth-order valence-electron chi connectivity index (χ4n) is 5.42. The first-order chi connectivity index (χ1) is 16.2. The summed E-state index contributed by atoms with van der Waals surface area (Å²) in [6, 6.07) is 6.71. The number of Topliss-reactive ketones (excluding diaryl/α,β-unsaturated/α-hetero) is 1. The van der Waals surface area contributed by atoms with E-state index in [1.54, 1.807) is 11.0 Å². The molecule has 1 saturated heterocycles. The minimum absolute atomic E-state index is 0.0921. The minimum Gasteiger partial charge on any atom is -0.386 e. The fourth-order valence-corrected chi connectivity index (χ4v) is 5.42. The van der Waals surface area contributed by atoms with Gasteiger partial charge in [-0.15, -0.1) is 0 Å². The molecule has 10 heteroatoms. The number of likely N-dealkylation sites (tertiary alicyclic amines) is 1. The molecule has 1 atom stereocenters. The van der Waals surface area contributed by atoms with E-state index in [2.05, 4.69) is 4.90 Å². The summed E-state index contributed by atoms with van der Waals surface area (Å²) < 4.78 is 55.5. The molecule has 0 saturated carbocycles. The van der Waals surface area contributed by atoms with E-state index < -0.39 is 28.9 Å². The monoisotopic (exact) mass is 495 g/mol. The van der Waals surface area contributed by atoms with Gasteiger partial charge < -0.3 is 14.6 Å². The van der Waals surface area contributed by atoms with Gasteiger partial charge in [-0.1, -0.05) is 6.07 Å². The third kappa shape index (κ3) is 4.27. The van der Waals surface area contributed by atoms with Crippen LogP contribution in [0.2, 0.25) is 0 Å². The predicted octanol–water partition coefficient (Wildman–Crippen LogP) is 4.07. The SMILES string of the molecule is C[C@H]1Cn2c(C(=O)C(F)(F)F)ccc2C2(CCN(C(=O)c3ccc(C(C)(C)O)c(F)c3)CC2)N1C. The van der Waals surface area contributed by atoms with Gasteiger partial charge >= 0.3 is 6.18 Å². The van der Waals surface area contributed by atoms with Crippen molar-refractivity contribution in [1.29, 1.82) is 0 Å². The van der Waals surface area contributed by atoms with Gasteiger partial charge in [0.1, 0.15) is 5.82 Å². The molecule has 4 rings (SSSR count). The molecule has 35 heavy (non-hydrogen) atoms. The summed E-state index contributed by atoms with van der Waals surface area (Å²) in [4.78, 5) is 28.8. The molecule has 1 amide bonds. The Balaban J connectivity index is 1.59. The molecule has 1 aromatic carbocycles. The van der Waals surface area contributed by atoms with Crippen molar-refractivity contribution in [3.63, 3.8) is 0 Å². The number of likely N-dealkylation sites (N-methyl/N-ethyl adjacent to an activating group) is 1. The Hall–Kier alpha value is -2.72. The van der Waals surface area contributed by atoms with E-state index >= 15 is 0 Å². The number of benzene rings is 1. The van der Waals surface area contributed by atoms with Crippen LogP contribution in [0.15, 0.2) is 30.3 Å². The first-order valence-electron chi connectivity index (χ1n) is 11.5. The number of hydrogen-bond acceptors (Lipinski definition) is 4. The Morgan fingerprint density at radius 1 is 1.09 bits per heavy atom. The van der Waals surface area contributed by atoms with Crippen LogP contribution in [0.1, 0.15) is 65.7 Å². The highest BCUT2D eigenvalue weighted by Crippen LogP contribution is 2.44. The molecule has 0 radical (unpaired) electrons. The largest absolute Gasteiger partial charge is 0.456 e. The average Bonchev–Trinajstić information content (AvgIpc) is 3.19. The van der Waals surface area contributed by atoms with Crippen LogP contribution < -0.4 is 0 Å². The highest BCUT2D eigenvalue weighted by molar-refractivity contribution is 5.99. The minimum atomic E-state index is -4.96. The Morgan fingerprint density at radius 2 is 1.71 bits per heavy atom. The Kier molecular flexibility index (Phi) is 6.12. The zero-order valence-corrected chi connectivity index (χ0v) is 20.1.